The van der Waals surface area contributed by atoms with Crippen LogP contribution in [-0.4, -0.2) is 38.4 Å². The lowest BCUT2D eigenvalue weighted by Crippen LogP contribution is -2.34. The molecule has 9 nitrogen and oxygen atoms in total. The minimum Gasteiger partial charge on any atom is -0.347 e. The summed E-state index contributed by atoms with van der Waals surface area (Å²) in [6, 6.07) is 0. The highest BCUT2D eigenvalue weighted by molar-refractivity contribution is 7.51. The number of nitrogens with zero attached hydrogens (tertiary/aromatic N) is 1. The maximum Gasteiger partial charge on any atom is 0.330 e. The zero-order valence-corrected chi connectivity index (χ0v) is 10.9. The largest absolute Gasteiger partial charge is 0.347 e. The minimum absolute atomic E-state index is 0.0317. The molecule has 0 aromatic carbocycles. The average Bonchev–Trinajstić information content (AvgIpc) is 2.69. The molecule has 10 heteroatoms. The van der Waals surface area contributed by atoms with Gasteiger partial charge in [0.15, 0.2) is 12.5 Å². The Bertz CT molecular complexity index is 630. The Morgan fingerprint density at radius 3 is 2.84 bits per heavy atom. The summed E-state index contributed by atoms with van der Waals surface area (Å²) < 4.78 is 22.2. The highest BCUT2D eigenvalue weighted by Crippen LogP contribution is 2.38. The predicted octanol–water partition coefficient (Wildman–Crippen LogP) is -1.11. The standard InChI is InChI=1S/C9H13N2O7P/c1-5-2-11(9(13)10-8(5)12)6-3-17-7(18-6)4-19(14,15)16/h2,6-7H,3-4H2,1H3,(H,10,12,13)(H2,14,15,16)/t6-,7+/m1/s1. The zero-order valence-electron chi connectivity index (χ0n) is 9.98. The van der Waals surface area contributed by atoms with Crippen LogP contribution in [0, 0.1) is 6.92 Å². The summed E-state index contributed by atoms with van der Waals surface area (Å²) in [6.45, 7) is 1.49. The Morgan fingerprint density at radius 1 is 1.53 bits per heavy atom. The van der Waals surface area contributed by atoms with Crippen molar-refractivity contribution in [2.45, 2.75) is 19.4 Å². The number of aromatic nitrogens is 2. The fraction of sp³-hybridized carbons (Fsp3) is 0.556. The first-order valence-electron chi connectivity index (χ1n) is 5.40. The second kappa shape index (κ2) is 5.03. The molecule has 1 aliphatic heterocycles. The summed E-state index contributed by atoms with van der Waals surface area (Å²) >= 11 is 0. The minimum atomic E-state index is -4.26. The molecular weight excluding hydrogens is 279 g/mol. The van der Waals surface area contributed by atoms with Gasteiger partial charge in [0.1, 0.15) is 6.16 Å². The Hall–Kier alpha value is -1.25. The highest BCUT2D eigenvalue weighted by Gasteiger charge is 2.33. The number of hydrogen-bond donors (Lipinski definition) is 3. The summed E-state index contributed by atoms with van der Waals surface area (Å²) in [4.78, 5) is 42.5. The Balaban J connectivity index is 2.18. The van der Waals surface area contributed by atoms with Crippen LogP contribution in [0.4, 0.5) is 0 Å². The SMILES string of the molecule is Cc1cn([C@H]2CO[C@H](CP(=O)(O)O)O2)c(=O)[nH]c1=O. The van der Waals surface area contributed by atoms with Gasteiger partial charge >= 0.3 is 13.3 Å². The highest BCUT2D eigenvalue weighted by atomic mass is 31.2. The summed E-state index contributed by atoms with van der Waals surface area (Å²) in [7, 11) is -4.26. The van der Waals surface area contributed by atoms with Crippen LogP contribution < -0.4 is 11.2 Å². The number of nitrogens with one attached hydrogen (secondary N) is 1. The van der Waals surface area contributed by atoms with Crippen LogP contribution in [0.5, 0.6) is 0 Å². The van der Waals surface area contributed by atoms with E-state index in [4.69, 9.17) is 19.3 Å². The number of hydrogen-bond acceptors (Lipinski definition) is 5. The van der Waals surface area contributed by atoms with Crippen LogP contribution >= 0.6 is 7.60 Å². The maximum atomic E-state index is 11.6. The van der Waals surface area contributed by atoms with Crippen molar-refractivity contribution in [2.75, 3.05) is 12.8 Å². The van der Waals surface area contributed by atoms with E-state index < -0.39 is 37.5 Å². The number of H-pyrrole nitrogens is 1. The number of aromatic amines is 1. The van der Waals surface area contributed by atoms with Crippen LogP contribution in [0.25, 0.3) is 0 Å². The van der Waals surface area contributed by atoms with Crippen molar-refractivity contribution in [3.05, 3.63) is 32.6 Å². The Morgan fingerprint density at radius 2 is 2.21 bits per heavy atom. The Kier molecular flexibility index (Phi) is 3.75. The second-order valence-corrected chi connectivity index (χ2v) is 5.87. The zero-order chi connectivity index (χ0) is 14.2. The van der Waals surface area contributed by atoms with E-state index in [0.717, 1.165) is 4.57 Å². The molecule has 1 fully saturated rings. The van der Waals surface area contributed by atoms with Crippen LogP contribution in [0.1, 0.15) is 11.8 Å². The van der Waals surface area contributed by atoms with Gasteiger partial charge in [0.25, 0.3) is 5.56 Å². The van der Waals surface area contributed by atoms with Gasteiger partial charge in [-0.1, -0.05) is 0 Å². The van der Waals surface area contributed by atoms with Gasteiger partial charge in [-0.05, 0) is 6.92 Å². The van der Waals surface area contributed by atoms with E-state index in [2.05, 4.69) is 4.98 Å². The maximum absolute atomic E-state index is 11.6. The predicted molar refractivity (Wildman–Crippen MR) is 62.8 cm³/mol. The summed E-state index contributed by atoms with van der Waals surface area (Å²) in [5, 5.41) is 0. The van der Waals surface area contributed by atoms with E-state index >= 15 is 0 Å². The number of rotatable bonds is 3. The molecule has 3 N–H and O–H groups in total. The van der Waals surface area contributed by atoms with E-state index in [1.807, 2.05) is 0 Å². The van der Waals surface area contributed by atoms with Gasteiger partial charge in [-0.3, -0.25) is 18.9 Å². The second-order valence-electron chi connectivity index (χ2n) is 4.18. The fourth-order valence-corrected chi connectivity index (χ4v) is 2.26. The third-order valence-corrected chi connectivity index (χ3v) is 3.35. The van der Waals surface area contributed by atoms with E-state index in [1.165, 1.54) is 13.1 Å². The molecule has 19 heavy (non-hydrogen) atoms. The van der Waals surface area contributed by atoms with E-state index in [9.17, 15) is 14.2 Å². The van der Waals surface area contributed by atoms with Gasteiger partial charge in [-0.15, -0.1) is 0 Å². The molecule has 0 amide bonds. The molecule has 0 unspecified atom stereocenters. The van der Waals surface area contributed by atoms with Crippen molar-refractivity contribution in [3.8, 4) is 0 Å². The first-order valence-corrected chi connectivity index (χ1v) is 7.20. The van der Waals surface area contributed by atoms with Crippen molar-refractivity contribution >= 4 is 7.60 Å². The molecule has 1 saturated heterocycles. The lowest BCUT2D eigenvalue weighted by atomic mass is 10.4. The molecule has 0 spiro atoms. The fourth-order valence-electron chi connectivity index (χ4n) is 1.68. The summed E-state index contributed by atoms with van der Waals surface area (Å²) in [5.74, 6) is 0. The van der Waals surface area contributed by atoms with Gasteiger partial charge < -0.3 is 19.3 Å². The molecule has 0 aliphatic carbocycles. The van der Waals surface area contributed by atoms with Gasteiger partial charge in [0, 0.05) is 11.8 Å². The smallest absolute Gasteiger partial charge is 0.330 e. The monoisotopic (exact) mass is 292 g/mol. The van der Waals surface area contributed by atoms with Gasteiger partial charge in [0.05, 0.1) is 6.61 Å². The first kappa shape index (κ1) is 14.2. The van der Waals surface area contributed by atoms with Crippen LogP contribution in [0.3, 0.4) is 0 Å². The lowest BCUT2D eigenvalue weighted by Gasteiger charge is -2.14. The molecule has 2 heterocycles. The third-order valence-electron chi connectivity index (χ3n) is 2.58. The summed E-state index contributed by atoms with van der Waals surface area (Å²) in [6.07, 6.45) is -1.17. The molecule has 0 bridgehead atoms. The molecule has 1 aromatic rings. The molecule has 0 radical (unpaired) electrons. The van der Waals surface area contributed by atoms with Crippen molar-refractivity contribution in [3.63, 3.8) is 0 Å². The molecule has 2 rings (SSSR count). The molecule has 1 aromatic heterocycles. The van der Waals surface area contributed by atoms with Crippen LogP contribution in [-0.2, 0) is 14.0 Å². The topological polar surface area (TPSA) is 131 Å². The normalized spacial score (nSPS) is 23.7. The molecule has 2 atom stereocenters. The Labute approximate surface area is 107 Å². The first-order chi connectivity index (χ1) is 8.76. The molecular formula is C9H13N2O7P. The van der Waals surface area contributed by atoms with Crippen LogP contribution in [0.15, 0.2) is 15.8 Å². The molecule has 1 aliphatic rings. The molecule has 0 saturated carbocycles. The average molecular weight is 292 g/mol. The lowest BCUT2D eigenvalue weighted by molar-refractivity contribution is -0.0577. The van der Waals surface area contributed by atoms with E-state index in [0.29, 0.717) is 5.56 Å². The number of aryl methyl sites for hydroxylation is 1. The van der Waals surface area contributed by atoms with Crippen molar-refractivity contribution in [1.29, 1.82) is 0 Å². The third kappa shape index (κ3) is 3.40. The molecule has 106 valence electrons. The van der Waals surface area contributed by atoms with Gasteiger partial charge in [0.2, 0.25) is 0 Å². The van der Waals surface area contributed by atoms with Crippen LogP contribution in [0.2, 0.25) is 0 Å². The van der Waals surface area contributed by atoms with Crippen molar-refractivity contribution in [2.24, 2.45) is 0 Å². The summed E-state index contributed by atoms with van der Waals surface area (Å²) in [5.41, 5.74) is -0.838. The van der Waals surface area contributed by atoms with Gasteiger partial charge in [-0.25, -0.2) is 4.79 Å². The van der Waals surface area contributed by atoms with Crippen molar-refractivity contribution < 1.29 is 23.8 Å². The van der Waals surface area contributed by atoms with E-state index in [-0.39, 0.29) is 6.61 Å². The quantitative estimate of drug-likeness (QED) is 0.602. The van der Waals surface area contributed by atoms with Crippen molar-refractivity contribution in [1.82, 2.24) is 9.55 Å². The number of ether oxygens (including phenoxy) is 2. The van der Waals surface area contributed by atoms with Gasteiger partial charge in [-0.2, -0.15) is 0 Å². The van der Waals surface area contributed by atoms with E-state index in [1.54, 1.807) is 0 Å².